The van der Waals surface area contributed by atoms with Gasteiger partial charge in [0.2, 0.25) is 0 Å². The van der Waals surface area contributed by atoms with Crippen LogP contribution in [0.2, 0.25) is 0 Å². The molecule has 0 aromatic carbocycles. The van der Waals surface area contributed by atoms with Gasteiger partial charge >= 0.3 is 5.97 Å². The van der Waals surface area contributed by atoms with Crippen molar-refractivity contribution in [2.24, 2.45) is 0 Å². The first-order valence-corrected chi connectivity index (χ1v) is 3.99. The molecule has 2 nitrogen and oxygen atoms in total. The quantitative estimate of drug-likeness (QED) is 0.485. The molecule has 0 bridgehead atoms. The van der Waals surface area contributed by atoms with Crippen molar-refractivity contribution in [1.82, 2.24) is 0 Å². The van der Waals surface area contributed by atoms with Crippen LogP contribution in [0.25, 0.3) is 0 Å². The Morgan fingerprint density at radius 3 is 2.18 bits per heavy atom. The second kappa shape index (κ2) is 10.5. The van der Waals surface area contributed by atoms with E-state index in [0.717, 1.165) is 12.8 Å². The molecule has 0 rings (SSSR count). The Morgan fingerprint density at radius 1 is 1.18 bits per heavy atom. The number of hydrogen-bond donors (Lipinski definition) is 1. The van der Waals surface area contributed by atoms with Crippen molar-refractivity contribution in [2.45, 2.75) is 45.4 Å². The minimum atomic E-state index is -0.670. The van der Waals surface area contributed by atoms with Gasteiger partial charge in [0.1, 0.15) is 0 Å². The Balaban J connectivity index is 0. The molecule has 61 valence electrons. The summed E-state index contributed by atoms with van der Waals surface area (Å²) in [4.78, 5) is 10.0. The molecule has 0 aromatic heterocycles. The number of aliphatic carboxylic acids is 1. The Hall–Kier alpha value is 0.470. The summed E-state index contributed by atoms with van der Waals surface area (Å²) in [6, 6.07) is 0. The van der Waals surface area contributed by atoms with Crippen molar-refractivity contribution >= 4 is 35.5 Å². The maximum Gasteiger partial charge on any atom is 0.303 e. The molecule has 0 aliphatic rings. The van der Waals surface area contributed by atoms with Crippen LogP contribution in [0.4, 0.5) is 0 Å². The van der Waals surface area contributed by atoms with Crippen molar-refractivity contribution in [3.8, 4) is 0 Å². The van der Waals surface area contributed by atoms with E-state index in [1.165, 1.54) is 19.3 Å². The van der Waals surface area contributed by atoms with Crippen LogP contribution in [-0.2, 0) is 4.79 Å². The summed E-state index contributed by atoms with van der Waals surface area (Å²) in [6.07, 6.45) is 5.88. The topological polar surface area (TPSA) is 37.3 Å². The zero-order valence-electron chi connectivity index (χ0n) is 7.60. The molecule has 1 N–H and O–H groups in total. The van der Waals surface area contributed by atoms with Crippen molar-refractivity contribution in [2.75, 3.05) is 0 Å². The van der Waals surface area contributed by atoms with Gasteiger partial charge in [-0.15, -0.1) is 0 Å². The number of carbonyl (C=O) groups is 1. The molecule has 0 fully saturated rings. The van der Waals surface area contributed by atoms with E-state index in [1.54, 1.807) is 0 Å². The van der Waals surface area contributed by atoms with Crippen LogP contribution >= 0.6 is 0 Å². The molecule has 0 spiro atoms. The van der Waals surface area contributed by atoms with Gasteiger partial charge in [-0.2, -0.15) is 0 Å². The zero-order chi connectivity index (χ0) is 7.82. The molecule has 11 heavy (non-hydrogen) atoms. The summed E-state index contributed by atoms with van der Waals surface area (Å²) in [5.74, 6) is -0.670. The number of unbranched alkanes of at least 4 members (excludes halogenated alkanes) is 4. The van der Waals surface area contributed by atoms with Crippen LogP contribution in [0, 0.1) is 0 Å². The number of carboxylic acids is 1. The predicted molar refractivity (Wildman–Crippen MR) is 46.8 cm³/mol. The first kappa shape index (κ1) is 14.0. The van der Waals surface area contributed by atoms with E-state index in [2.05, 4.69) is 6.92 Å². The summed E-state index contributed by atoms with van der Waals surface area (Å²) in [5, 5.41) is 8.27. The van der Waals surface area contributed by atoms with Gasteiger partial charge in [-0.25, -0.2) is 0 Å². The van der Waals surface area contributed by atoms with Gasteiger partial charge < -0.3 is 5.11 Å². The monoisotopic (exact) mass is 167 g/mol. The van der Waals surface area contributed by atoms with Gasteiger partial charge in [0.15, 0.2) is 0 Å². The van der Waals surface area contributed by atoms with Crippen LogP contribution in [-0.4, -0.2) is 40.6 Å². The van der Waals surface area contributed by atoms with E-state index in [0.29, 0.717) is 6.42 Å². The SMILES string of the molecule is CCCCCCCC(=O)O.[Na]. The smallest absolute Gasteiger partial charge is 0.303 e. The fraction of sp³-hybridized carbons (Fsp3) is 0.875. The van der Waals surface area contributed by atoms with E-state index in [1.807, 2.05) is 0 Å². The van der Waals surface area contributed by atoms with Crippen LogP contribution in [0.15, 0.2) is 0 Å². The fourth-order valence-corrected chi connectivity index (χ4v) is 0.880. The van der Waals surface area contributed by atoms with Crippen molar-refractivity contribution < 1.29 is 9.90 Å². The van der Waals surface area contributed by atoms with Crippen molar-refractivity contribution in [3.05, 3.63) is 0 Å². The van der Waals surface area contributed by atoms with Crippen LogP contribution in [0.5, 0.6) is 0 Å². The van der Waals surface area contributed by atoms with Gasteiger partial charge in [0.05, 0.1) is 0 Å². The standard InChI is InChI=1S/C8H16O2.Na/c1-2-3-4-5-6-7-8(9)10;/h2-7H2,1H3,(H,9,10);. The Morgan fingerprint density at radius 2 is 1.73 bits per heavy atom. The molecule has 0 aromatic rings. The molecule has 3 heteroatoms. The summed E-state index contributed by atoms with van der Waals surface area (Å²) < 4.78 is 0. The van der Waals surface area contributed by atoms with E-state index in [9.17, 15) is 4.79 Å². The molecule has 1 radical (unpaired) electrons. The third kappa shape index (κ3) is 13.5. The van der Waals surface area contributed by atoms with E-state index >= 15 is 0 Å². The predicted octanol–water partition coefficient (Wildman–Crippen LogP) is 2.05. The summed E-state index contributed by atoms with van der Waals surface area (Å²) >= 11 is 0. The van der Waals surface area contributed by atoms with Crippen molar-refractivity contribution in [3.63, 3.8) is 0 Å². The average molecular weight is 167 g/mol. The van der Waals surface area contributed by atoms with Crippen molar-refractivity contribution in [1.29, 1.82) is 0 Å². The summed E-state index contributed by atoms with van der Waals surface area (Å²) in [7, 11) is 0. The van der Waals surface area contributed by atoms with E-state index < -0.39 is 5.97 Å². The van der Waals surface area contributed by atoms with Gasteiger partial charge in [-0.1, -0.05) is 32.6 Å². The molecule has 0 saturated heterocycles. The van der Waals surface area contributed by atoms with Crippen LogP contribution in [0.3, 0.4) is 0 Å². The first-order chi connectivity index (χ1) is 4.77. The molecule has 0 heterocycles. The average Bonchev–Trinajstić information content (AvgIpc) is 1.87. The second-order valence-corrected chi connectivity index (χ2v) is 2.56. The number of rotatable bonds is 6. The Labute approximate surface area is 90.7 Å². The van der Waals surface area contributed by atoms with Crippen LogP contribution < -0.4 is 0 Å². The molecule has 0 aliphatic carbocycles. The van der Waals surface area contributed by atoms with E-state index in [-0.39, 0.29) is 29.6 Å². The molecule has 0 amide bonds. The maximum absolute atomic E-state index is 10.0. The molecule has 0 aliphatic heterocycles. The van der Waals surface area contributed by atoms with E-state index in [4.69, 9.17) is 5.11 Å². The third-order valence-corrected chi connectivity index (χ3v) is 1.49. The molecule has 0 unspecified atom stereocenters. The number of carboxylic acid groups (broad SMARTS) is 1. The maximum atomic E-state index is 10.0. The first-order valence-electron chi connectivity index (χ1n) is 3.99. The number of hydrogen-bond acceptors (Lipinski definition) is 1. The largest absolute Gasteiger partial charge is 0.481 e. The Bertz CT molecular complexity index is 94.1. The zero-order valence-corrected chi connectivity index (χ0v) is 9.60. The normalized spacial score (nSPS) is 8.82. The molecule has 0 saturated carbocycles. The van der Waals surface area contributed by atoms with Gasteiger partial charge in [-0.3, -0.25) is 4.79 Å². The second-order valence-electron chi connectivity index (χ2n) is 2.56. The van der Waals surface area contributed by atoms with Gasteiger partial charge in [0.25, 0.3) is 0 Å². The fourth-order valence-electron chi connectivity index (χ4n) is 0.880. The Kier molecular flexibility index (Phi) is 13.3. The van der Waals surface area contributed by atoms with Crippen LogP contribution in [0.1, 0.15) is 45.4 Å². The summed E-state index contributed by atoms with van der Waals surface area (Å²) in [6.45, 7) is 2.15. The summed E-state index contributed by atoms with van der Waals surface area (Å²) in [5.41, 5.74) is 0. The molecule has 0 atom stereocenters. The molecular weight excluding hydrogens is 151 g/mol. The third-order valence-electron chi connectivity index (χ3n) is 1.49. The van der Waals surface area contributed by atoms with Gasteiger partial charge in [-0.05, 0) is 6.42 Å². The van der Waals surface area contributed by atoms with Gasteiger partial charge in [0, 0.05) is 36.0 Å². The minimum absolute atomic E-state index is 0. The minimum Gasteiger partial charge on any atom is -0.481 e. The molecular formula is C8H16NaO2.